The summed E-state index contributed by atoms with van der Waals surface area (Å²) in [5, 5.41) is 0.643. The van der Waals surface area contributed by atoms with Crippen molar-refractivity contribution < 1.29 is 14.3 Å². The first kappa shape index (κ1) is 18.0. The summed E-state index contributed by atoms with van der Waals surface area (Å²) in [6.07, 6.45) is 0.168. The lowest BCUT2D eigenvalue weighted by atomic mass is 10.0. The van der Waals surface area contributed by atoms with Gasteiger partial charge in [0.15, 0.2) is 5.78 Å². The number of ether oxygens (including phenoxy) is 1. The fourth-order valence-electron chi connectivity index (χ4n) is 2.43. The molecule has 5 heteroatoms. The van der Waals surface area contributed by atoms with Gasteiger partial charge in [0.25, 0.3) is 0 Å². The summed E-state index contributed by atoms with van der Waals surface area (Å²) < 4.78 is 5.30. The molecule has 0 bridgehead atoms. The zero-order valence-corrected chi connectivity index (χ0v) is 14.8. The molecule has 0 fully saturated rings. The maximum Gasteiger partial charge on any atom is 0.227 e. The maximum absolute atomic E-state index is 12.5. The van der Waals surface area contributed by atoms with Gasteiger partial charge in [0.05, 0.1) is 13.5 Å². The molecule has 126 valence electrons. The molecule has 2 aromatic carbocycles. The van der Waals surface area contributed by atoms with Crippen molar-refractivity contribution in [2.75, 3.05) is 14.2 Å². The fraction of sp³-hybridized carbons (Fsp3) is 0.263. The minimum absolute atomic E-state index is 0.0429. The normalized spacial score (nSPS) is 10.3. The van der Waals surface area contributed by atoms with E-state index in [2.05, 4.69) is 0 Å². The van der Waals surface area contributed by atoms with Gasteiger partial charge >= 0.3 is 0 Å². The molecule has 4 nitrogen and oxygen atoms in total. The molecule has 0 saturated heterocycles. The Hall–Kier alpha value is -2.33. The quantitative estimate of drug-likeness (QED) is 0.749. The zero-order chi connectivity index (χ0) is 17.7. The van der Waals surface area contributed by atoms with Gasteiger partial charge in [0.2, 0.25) is 5.91 Å². The maximum atomic E-state index is 12.5. The molecule has 0 aliphatic heterocycles. The first-order valence-electron chi connectivity index (χ1n) is 7.57. The number of hydrogen-bond acceptors (Lipinski definition) is 3. The number of likely N-dealkylation sites (N-methyl/N-ethyl adjacent to an activating group) is 1. The van der Waals surface area contributed by atoms with Crippen molar-refractivity contribution in [3.63, 3.8) is 0 Å². The second kappa shape index (κ2) is 7.97. The van der Waals surface area contributed by atoms with Gasteiger partial charge in [-0.05, 0) is 42.8 Å². The summed E-state index contributed by atoms with van der Waals surface area (Å²) in [4.78, 5) is 25.7. The van der Waals surface area contributed by atoms with Gasteiger partial charge in [-0.1, -0.05) is 23.7 Å². The van der Waals surface area contributed by atoms with Crippen molar-refractivity contribution in [1.82, 2.24) is 4.90 Å². The molecule has 2 rings (SSSR count). The van der Waals surface area contributed by atoms with E-state index in [9.17, 15) is 9.59 Å². The van der Waals surface area contributed by atoms with E-state index in [4.69, 9.17) is 16.3 Å². The molecule has 0 radical (unpaired) electrons. The molecule has 0 spiro atoms. The summed E-state index contributed by atoms with van der Waals surface area (Å²) in [5.41, 5.74) is 2.23. The molecule has 0 heterocycles. The standard InChI is InChI=1S/C19H20ClNO3/c1-13(22)15-7-8-18(24-3)16(10-15)11-19(23)21(2)12-14-5-4-6-17(20)9-14/h4-10H,11-12H2,1-3H3. The van der Waals surface area contributed by atoms with E-state index in [0.29, 0.717) is 28.4 Å². The van der Waals surface area contributed by atoms with Crippen molar-refractivity contribution in [3.05, 3.63) is 64.2 Å². The first-order valence-corrected chi connectivity index (χ1v) is 7.94. The van der Waals surface area contributed by atoms with Crippen LogP contribution in [0.5, 0.6) is 5.75 Å². The number of benzene rings is 2. The second-order valence-electron chi connectivity index (χ2n) is 5.64. The van der Waals surface area contributed by atoms with Crippen molar-refractivity contribution in [2.45, 2.75) is 19.9 Å². The van der Waals surface area contributed by atoms with Crippen molar-refractivity contribution in [3.8, 4) is 5.75 Å². The third kappa shape index (κ3) is 4.59. The summed E-state index contributed by atoms with van der Waals surface area (Å²) in [7, 11) is 3.29. The number of halogens is 1. The van der Waals surface area contributed by atoms with Crippen LogP contribution in [-0.4, -0.2) is 30.7 Å². The number of rotatable bonds is 6. The predicted molar refractivity (Wildman–Crippen MR) is 94.6 cm³/mol. The lowest BCUT2D eigenvalue weighted by Crippen LogP contribution is -2.27. The van der Waals surface area contributed by atoms with Gasteiger partial charge in [-0.3, -0.25) is 9.59 Å². The average molecular weight is 346 g/mol. The van der Waals surface area contributed by atoms with Crippen LogP contribution >= 0.6 is 11.6 Å². The number of ketones is 1. The Balaban J connectivity index is 2.13. The smallest absolute Gasteiger partial charge is 0.227 e. The number of Topliss-reactive ketones (excluding diaryl/α,β-unsaturated/α-hetero) is 1. The van der Waals surface area contributed by atoms with Crippen LogP contribution < -0.4 is 4.74 Å². The fourth-order valence-corrected chi connectivity index (χ4v) is 2.64. The molecule has 1 amide bonds. The molecule has 0 aromatic heterocycles. The van der Waals surface area contributed by atoms with E-state index in [0.717, 1.165) is 5.56 Å². The molecular weight excluding hydrogens is 326 g/mol. The number of nitrogens with zero attached hydrogens (tertiary/aromatic N) is 1. The van der Waals surface area contributed by atoms with Crippen molar-refractivity contribution in [2.24, 2.45) is 0 Å². The van der Waals surface area contributed by atoms with Crippen molar-refractivity contribution >= 4 is 23.3 Å². The lowest BCUT2D eigenvalue weighted by molar-refractivity contribution is -0.129. The minimum Gasteiger partial charge on any atom is -0.496 e. The number of amides is 1. The molecule has 0 atom stereocenters. The van der Waals surface area contributed by atoms with Crippen LogP contribution in [-0.2, 0) is 17.8 Å². The Morgan fingerprint density at radius 1 is 1.17 bits per heavy atom. The monoisotopic (exact) mass is 345 g/mol. The second-order valence-corrected chi connectivity index (χ2v) is 6.08. The highest BCUT2D eigenvalue weighted by Crippen LogP contribution is 2.22. The molecule has 0 aliphatic rings. The lowest BCUT2D eigenvalue weighted by Gasteiger charge is -2.18. The van der Waals surface area contributed by atoms with Crippen LogP contribution in [0, 0.1) is 0 Å². The summed E-state index contributed by atoms with van der Waals surface area (Å²) in [5.74, 6) is 0.497. The third-order valence-electron chi connectivity index (χ3n) is 3.76. The van der Waals surface area contributed by atoms with Crippen LogP contribution in [0.15, 0.2) is 42.5 Å². The minimum atomic E-state index is -0.0611. The molecule has 24 heavy (non-hydrogen) atoms. The topological polar surface area (TPSA) is 46.6 Å². The van der Waals surface area contributed by atoms with Gasteiger partial charge in [-0.25, -0.2) is 0 Å². The Bertz CT molecular complexity index is 758. The number of methoxy groups -OCH3 is 1. The molecular formula is C19H20ClNO3. The van der Waals surface area contributed by atoms with E-state index in [1.807, 2.05) is 18.2 Å². The highest BCUT2D eigenvalue weighted by Gasteiger charge is 2.15. The number of carbonyl (C=O) groups excluding carboxylic acids is 2. The average Bonchev–Trinajstić information content (AvgIpc) is 2.54. The van der Waals surface area contributed by atoms with E-state index >= 15 is 0 Å². The number of hydrogen-bond donors (Lipinski definition) is 0. The van der Waals surface area contributed by atoms with E-state index in [1.54, 1.807) is 43.3 Å². The van der Waals surface area contributed by atoms with Crippen LogP contribution in [0.25, 0.3) is 0 Å². The molecule has 0 aliphatic carbocycles. The van der Waals surface area contributed by atoms with E-state index in [-0.39, 0.29) is 18.1 Å². The van der Waals surface area contributed by atoms with Gasteiger partial charge < -0.3 is 9.64 Å². The van der Waals surface area contributed by atoms with E-state index in [1.165, 1.54) is 6.92 Å². The van der Waals surface area contributed by atoms with Gasteiger partial charge in [-0.2, -0.15) is 0 Å². The summed E-state index contributed by atoms with van der Waals surface area (Å²) >= 11 is 5.97. The molecule has 0 saturated carbocycles. The van der Waals surface area contributed by atoms with Crippen molar-refractivity contribution in [1.29, 1.82) is 0 Å². The van der Waals surface area contributed by atoms with Crippen LogP contribution in [0.4, 0.5) is 0 Å². The van der Waals surface area contributed by atoms with Crippen LogP contribution in [0.2, 0.25) is 5.02 Å². The Labute approximate surface area is 147 Å². The predicted octanol–water partition coefficient (Wildman–Crippen LogP) is 3.75. The zero-order valence-electron chi connectivity index (χ0n) is 14.0. The van der Waals surface area contributed by atoms with Gasteiger partial charge in [0.1, 0.15) is 5.75 Å². The Kier molecular flexibility index (Phi) is 5.99. The Morgan fingerprint density at radius 2 is 1.92 bits per heavy atom. The summed E-state index contributed by atoms with van der Waals surface area (Å²) in [6.45, 7) is 1.97. The van der Waals surface area contributed by atoms with Crippen LogP contribution in [0.1, 0.15) is 28.4 Å². The van der Waals surface area contributed by atoms with Gasteiger partial charge in [0, 0.05) is 29.7 Å². The highest BCUT2D eigenvalue weighted by atomic mass is 35.5. The number of carbonyl (C=O) groups is 2. The SMILES string of the molecule is COc1ccc(C(C)=O)cc1CC(=O)N(C)Cc1cccc(Cl)c1. The highest BCUT2D eigenvalue weighted by molar-refractivity contribution is 6.30. The molecule has 0 N–H and O–H groups in total. The first-order chi connectivity index (χ1) is 11.4. The van der Waals surface area contributed by atoms with Gasteiger partial charge in [-0.15, -0.1) is 0 Å². The van der Waals surface area contributed by atoms with Crippen LogP contribution in [0.3, 0.4) is 0 Å². The van der Waals surface area contributed by atoms with E-state index < -0.39 is 0 Å². The molecule has 0 unspecified atom stereocenters. The summed E-state index contributed by atoms with van der Waals surface area (Å²) in [6, 6.07) is 12.5. The largest absolute Gasteiger partial charge is 0.496 e. The third-order valence-corrected chi connectivity index (χ3v) is 4.00. The molecule has 2 aromatic rings. The Morgan fingerprint density at radius 3 is 2.54 bits per heavy atom.